The summed E-state index contributed by atoms with van der Waals surface area (Å²) in [5, 5.41) is -0.0603. The molecule has 0 radical (unpaired) electrons. The second kappa shape index (κ2) is 10.9. The summed E-state index contributed by atoms with van der Waals surface area (Å²) in [7, 11) is 0. The Morgan fingerprint density at radius 2 is 1.93 bits per heavy atom. The SMILES string of the molecule is C=CC(=O)N1CCN(c2nc(=O)n(-c3c(C)ccnc3C(C)C)c3c4c(c(Cl)cc23)-c2c(ccc(F)c2F)C(F)(F)O4)[C@@H](C)C1. The van der Waals surface area contributed by atoms with Crippen molar-refractivity contribution in [3.8, 4) is 22.6 Å². The Balaban J connectivity index is 1.75. The molecule has 6 rings (SSSR count). The van der Waals surface area contributed by atoms with Crippen molar-refractivity contribution in [1.29, 1.82) is 0 Å². The third kappa shape index (κ3) is 4.73. The van der Waals surface area contributed by atoms with Gasteiger partial charge in [-0.3, -0.25) is 14.3 Å². The van der Waals surface area contributed by atoms with E-state index in [1.807, 2.05) is 20.8 Å². The first kappa shape index (κ1) is 30.6. The van der Waals surface area contributed by atoms with Crippen LogP contribution >= 0.6 is 11.6 Å². The van der Waals surface area contributed by atoms with Gasteiger partial charge in [-0.05, 0) is 55.7 Å². The number of pyridine rings is 1. The first-order valence-electron chi connectivity index (χ1n) is 14.3. The lowest BCUT2D eigenvalue weighted by Crippen LogP contribution is -2.54. The zero-order chi connectivity index (χ0) is 32.5. The highest BCUT2D eigenvalue weighted by atomic mass is 35.5. The molecule has 2 aromatic heterocycles. The topological polar surface area (TPSA) is 80.6 Å². The highest BCUT2D eigenvalue weighted by Crippen LogP contribution is 2.54. The fourth-order valence-corrected chi connectivity index (χ4v) is 6.46. The second-order valence-electron chi connectivity index (χ2n) is 11.5. The maximum atomic E-state index is 15.7. The molecule has 4 aromatic rings. The smallest absolute Gasteiger partial charge is 0.426 e. The van der Waals surface area contributed by atoms with Crippen molar-refractivity contribution in [3.05, 3.63) is 87.1 Å². The highest BCUT2D eigenvalue weighted by Gasteiger charge is 2.46. The summed E-state index contributed by atoms with van der Waals surface area (Å²) < 4.78 is 67.8. The number of carbonyl (C=O) groups is 1. The Labute approximate surface area is 260 Å². The molecule has 2 aliphatic rings. The molecule has 234 valence electrons. The van der Waals surface area contributed by atoms with E-state index in [0.29, 0.717) is 17.3 Å². The lowest BCUT2D eigenvalue weighted by Gasteiger charge is -2.41. The minimum absolute atomic E-state index is 0.110. The molecule has 1 saturated heterocycles. The van der Waals surface area contributed by atoms with Gasteiger partial charge in [0, 0.05) is 48.4 Å². The van der Waals surface area contributed by atoms with Gasteiger partial charge in [-0.25, -0.2) is 13.6 Å². The first-order chi connectivity index (χ1) is 21.3. The number of benzene rings is 2. The normalized spacial score (nSPS) is 17.2. The first-order valence-corrected chi connectivity index (χ1v) is 14.6. The molecule has 0 spiro atoms. The van der Waals surface area contributed by atoms with Crippen LogP contribution < -0.4 is 15.3 Å². The molecule has 0 aliphatic carbocycles. The van der Waals surface area contributed by atoms with Gasteiger partial charge in [-0.1, -0.05) is 32.0 Å². The summed E-state index contributed by atoms with van der Waals surface area (Å²) in [5.74, 6) is -3.85. The van der Waals surface area contributed by atoms with Gasteiger partial charge >= 0.3 is 11.8 Å². The fraction of sp³-hybridized carbons (Fsp3) is 0.312. The number of alkyl halides is 2. The molecule has 4 heterocycles. The number of aryl methyl sites for hydroxylation is 1. The van der Waals surface area contributed by atoms with Gasteiger partial charge in [0.15, 0.2) is 17.4 Å². The van der Waals surface area contributed by atoms with Crippen LogP contribution in [0.3, 0.4) is 0 Å². The molecule has 2 aromatic carbocycles. The van der Waals surface area contributed by atoms with Crippen LogP contribution in [0.15, 0.2) is 47.9 Å². The summed E-state index contributed by atoms with van der Waals surface area (Å²) in [6.45, 7) is 11.6. The molecule has 0 saturated carbocycles. The maximum Gasteiger partial charge on any atom is 0.427 e. The molecule has 8 nitrogen and oxygen atoms in total. The van der Waals surface area contributed by atoms with Gasteiger partial charge in [0.1, 0.15) is 11.3 Å². The van der Waals surface area contributed by atoms with Crippen LogP contribution in [0.1, 0.15) is 43.5 Å². The molecule has 2 aliphatic heterocycles. The number of amides is 1. The van der Waals surface area contributed by atoms with E-state index >= 15 is 13.2 Å². The van der Waals surface area contributed by atoms with Crippen molar-refractivity contribution in [3.63, 3.8) is 0 Å². The van der Waals surface area contributed by atoms with E-state index < -0.39 is 40.3 Å². The summed E-state index contributed by atoms with van der Waals surface area (Å²) in [4.78, 5) is 38.7. The zero-order valence-corrected chi connectivity index (χ0v) is 25.6. The molecule has 13 heteroatoms. The maximum absolute atomic E-state index is 15.7. The second-order valence-corrected chi connectivity index (χ2v) is 11.9. The van der Waals surface area contributed by atoms with Crippen LogP contribution in [-0.4, -0.2) is 51.0 Å². The van der Waals surface area contributed by atoms with Crippen molar-refractivity contribution in [2.45, 2.75) is 45.8 Å². The molecular weight excluding hydrogens is 614 g/mol. The number of halogens is 5. The number of hydrogen-bond donors (Lipinski definition) is 0. The van der Waals surface area contributed by atoms with Crippen LogP contribution in [0.25, 0.3) is 27.7 Å². The predicted molar refractivity (Wildman–Crippen MR) is 162 cm³/mol. The van der Waals surface area contributed by atoms with Crippen molar-refractivity contribution < 1.29 is 27.1 Å². The van der Waals surface area contributed by atoms with E-state index in [1.165, 1.54) is 12.1 Å². The third-order valence-corrected chi connectivity index (χ3v) is 8.56. The van der Waals surface area contributed by atoms with Crippen LogP contribution in [0.4, 0.5) is 23.4 Å². The Bertz CT molecular complexity index is 1980. The van der Waals surface area contributed by atoms with Gasteiger partial charge in [0.25, 0.3) is 0 Å². The number of fused-ring (bicyclic) bond motifs is 5. The Morgan fingerprint density at radius 1 is 1.20 bits per heavy atom. The fourth-order valence-electron chi connectivity index (χ4n) is 6.17. The van der Waals surface area contributed by atoms with Gasteiger partial charge in [-0.15, -0.1) is 0 Å². The number of hydrogen-bond acceptors (Lipinski definition) is 6. The number of ether oxygens (including phenoxy) is 1. The summed E-state index contributed by atoms with van der Waals surface area (Å²) in [6.07, 6.45) is -1.34. The lowest BCUT2D eigenvalue weighted by atomic mass is 9.93. The molecule has 1 fully saturated rings. The molecule has 1 atom stereocenters. The summed E-state index contributed by atoms with van der Waals surface area (Å²) >= 11 is 6.72. The quantitative estimate of drug-likeness (QED) is 0.188. The average Bonchev–Trinajstić information content (AvgIpc) is 2.98. The number of anilines is 1. The molecule has 0 N–H and O–H groups in total. The van der Waals surface area contributed by atoms with E-state index in [4.69, 9.17) is 16.3 Å². The predicted octanol–water partition coefficient (Wildman–Crippen LogP) is 6.48. The Hall–Kier alpha value is -4.45. The third-order valence-electron chi connectivity index (χ3n) is 8.26. The van der Waals surface area contributed by atoms with Crippen LogP contribution in [0.5, 0.6) is 5.75 Å². The number of nitrogens with zero attached hydrogens (tertiary/aromatic N) is 5. The number of aromatic nitrogens is 3. The van der Waals surface area contributed by atoms with E-state index in [0.717, 1.165) is 10.6 Å². The summed E-state index contributed by atoms with van der Waals surface area (Å²) in [5.41, 5.74) is -1.64. The van der Waals surface area contributed by atoms with Gasteiger partial charge in [0.05, 0.1) is 22.0 Å². The summed E-state index contributed by atoms with van der Waals surface area (Å²) in [6, 6.07) is 4.02. The number of carbonyl (C=O) groups excluding carboxylic acids is 1. The molecule has 45 heavy (non-hydrogen) atoms. The standard InChI is InChI=1S/C32H28ClF4N5O3/c1-6-22(43)40-11-12-41(17(5)14-40)30-18-13-20(33)24-23-19(7-8-21(34)25(23)35)32(36,37)45-29(24)28(18)42(31(44)39-30)27-16(4)9-10-38-26(27)15(2)3/h6-10,13,15,17H,1,11-12,14H2,2-5H3/t17-/m0/s1. The van der Waals surface area contributed by atoms with E-state index in [1.54, 1.807) is 29.0 Å². The average molecular weight is 642 g/mol. The van der Waals surface area contributed by atoms with Crippen LogP contribution in [-0.2, 0) is 10.9 Å². The number of piperazine rings is 1. The van der Waals surface area contributed by atoms with Crippen molar-refractivity contribution in [2.24, 2.45) is 0 Å². The van der Waals surface area contributed by atoms with E-state index in [2.05, 4.69) is 16.5 Å². The highest BCUT2D eigenvalue weighted by molar-refractivity contribution is 6.35. The molecule has 0 unspecified atom stereocenters. The van der Waals surface area contributed by atoms with E-state index in [-0.39, 0.29) is 70.5 Å². The van der Waals surface area contributed by atoms with Crippen LogP contribution in [0, 0.1) is 18.6 Å². The molecule has 0 bridgehead atoms. The minimum atomic E-state index is -4.12. The monoisotopic (exact) mass is 641 g/mol. The Morgan fingerprint density at radius 3 is 2.60 bits per heavy atom. The minimum Gasteiger partial charge on any atom is -0.426 e. The largest absolute Gasteiger partial charge is 0.427 e. The van der Waals surface area contributed by atoms with Crippen molar-refractivity contribution in [2.75, 3.05) is 24.5 Å². The van der Waals surface area contributed by atoms with Crippen molar-refractivity contribution >= 4 is 34.2 Å². The van der Waals surface area contributed by atoms with Gasteiger partial charge in [0.2, 0.25) is 5.91 Å². The van der Waals surface area contributed by atoms with E-state index in [9.17, 15) is 14.0 Å². The van der Waals surface area contributed by atoms with Crippen molar-refractivity contribution in [1.82, 2.24) is 19.4 Å². The molecule has 1 amide bonds. The number of rotatable bonds is 4. The Kier molecular flexibility index (Phi) is 7.38. The zero-order valence-electron chi connectivity index (χ0n) is 24.8. The molecular formula is C32H28ClF4N5O3. The van der Waals surface area contributed by atoms with Gasteiger partial charge < -0.3 is 14.5 Å². The lowest BCUT2D eigenvalue weighted by molar-refractivity contribution is -0.186. The van der Waals surface area contributed by atoms with Crippen LogP contribution in [0.2, 0.25) is 5.02 Å². The van der Waals surface area contributed by atoms with Gasteiger partial charge in [-0.2, -0.15) is 13.8 Å².